The summed E-state index contributed by atoms with van der Waals surface area (Å²) in [5.41, 5.74) is 17.5. The Morgan fingerprint density at radius 2 is 1.94 bits per heavy atom. The molecule has 0 spiro atoms. The average molecular weight is 476 g/mol. The van der Waals surface area contributed by atoms with Crippen LogP contribution in [-0.2, 0) is 14.2 Å². The van der Waals surface area contributed by atoms with Gasteiger partial charge in [-0.3, -0.25) is 0 Å². The van der Waals surface area contributed by atoms with Gasteiger partial charge in [-0.1, -0.05) is 0 Å². The molecule has 8 atom stereocenters. The van der Waals surface area contributed by atoms with E-state index < -0.39 is 30.5 Å². The molecule has 2 aliphatic rings. The van der Waals surface area contributed by atoms with Crippen molar-refractivity contribution < 1.29 is 34.6 Å². The van der Waals surface area contributed by atoms with E-state index in [1.165, 1.54) is 12.2 Å². The number of rotatable bonds is 12. The maximum Gasteiger partial charge on any atom is 0.276 e. The molecule has 1 heterocycles. The molecule has 0 aromatic heterocycles. The second-order valence-electron chi connectivity index (χ2n) is 8.54. The quantitative estimate of drug-likeness (QED) is 0.146. The fourth-order valence-corrected chi connectivity index (χ4v) is 4.11. The molecule has 0 aromatic rings. The van der Waals surface area contributed by atoms with Gasteiger partial charge in [-0.25, -0.2) is 0 Å². The van der Waals surface area contributed by atoms with Gasteiger partial charge in [0.25, 0.3) is 11.9 Å². The van der Waals surface area contributed by atoms with E-state index in [0.29, 0.717) is 32.4 Å². The third kappa shape index (κ3) is 8.91. The molecule has 12 nitrogen and oxygen atoms in total. The average Bonchev–Trinajstić information content (AvgIpc) is 2.74. The van der Waals surface area contributed by atoms with Crippen molar-refractivity contribution in [1.82, 2.24) is 10.6 Å². The smallest absolute Gasteiger partial charge is 0.276 e. The Kier molecular flexibility index (Phi) is 11.6. The summed E-state index contributed by atoms with van der Waals surface area (Å²) in [6.45, 7) is 0.802. The molecule has 2 fully saturated rings. The first-order valence-corrected chi connectivity index (χ1v) is 11.5. The number of hydrogen-bond acceptors (Lipinski definition) is 12. The van der Waals surface area contributed by atoms with Gasteiger partial charge in [0.1, 0.15) is 6.10 Å². The van der Waals surface area contributed by atoms with Crippen LogP contribution < -0.4 is 27.8 Å². The molecule has 192 valence electrons. The molecule has 12 N–H and O–H groups in total. The minimum Gasteiger partial charge on any atom is -0.481 e. The summed E-state index contributed by atoms with van der Waals surface area (Å²) in [5.74, 6) is -0.774. The van der Waals surface area contributed by atoms with Crippen LogP contribution in [0.15, 0.2) is 24.0 Å². The van der Waals surface area contributed by atoms with E-state index in [4.69, 9.17) is 31.4 Å². The molecular weight excluding hydrogens is 434 g/mol. The van der Waals surface area contributed by atoms with Crippen molar-refractivity contribution in [2.75, 3.05) is 26.7 Å². The molecule has 1 saturated heterocycles. The Hall–Kier alpha value is -1.64. The number of nitrogens with two attached hydrogens (primary N) is 3. The maximum absolute atomic E-state index is 10.5. The van der Waals surface area contributed by atoms with Gasteiger partial charge < -0.3 is 62.5 Å². The van der Waals surface area contributed by atoms with E-state index >= 15 is 0 Å². The van der Waals surface area contributed by atoms with Crippen LogP contribution in [0.5, 0.6) is 0 Å². The molecule has 4 unspecified atom stereocenters. The van der Waals surface area contributed by atoms with Gasteiger partial charge in [0.15, 0.2) is 0 Å². The lowest BCUT2D eigenvalue weighted by Gasteiger charge is -2.38. The van der Waals surface area contributed by atoms with Crippen molar-refractivity contribution in [2.24, 2.45) is 17.2 Å². The van der Waals surface area contributed by atoms with Gasteiger partial charge in [-0.05, 0) is 32.7 Å². The molecule has 0 radical (unpaired) electrons. The van der Waals surface area contributed by atoms with E-state index in [2.05, 4.69) is 10.6 Å². The summed E-state index contributed by atoms with van der Waals surface area (Å²) in [4.78, 5) is 0. The van der Waals surface area contributed by atoms with Crippen LogP contribution in [0.4, 0.5) is 0 Å². The lowest BCUT2D eigenvalue weighted by Crippen LogP contribution is -2.55. The number of ether oxygens (including phenoxy) is 3. The molecule has 33 heavy (non-hydrogen) atoms. The topological polar surface area (TPSA) is 211 Å². The van der Waals surface area contributed by atoms with Gasteiger partial charge in [-0.15, -0.1) is 0 Å². The summed E-state index contributed by atoms with van der Waals surface area (Å²) < 4.78 is 17.0. The van der Waals surface area contributed by atoms with Crippen molar-refractivity contribution in [2.45, 2.75) is 80.9 Å². The minimum absolute atomic E-state index is 0.0300. The predicted molar refractivity (Wildman–Crippen MR) is 122 cm³/mol. The van der Waals surface area contributed by atoms with Crippen LogP contribution in [0.1, 0.15) is 32.1 Å². The first kappa shape index (κ1) is 27.6. The van der Waals surface area contributed by atoms with Gasteiger partial charge in [0.2, 0.25) is 6.29 Å². The molecule has 1 aliphatic heterocycles. The van der Waals surface area contributed by atoms with E-state index in [9.17, 15) is 20.4 Å². The number of hydrogen-bond donors (Lipinski definition) is 9. The Bertz CT molecular complexity index is 638. The van der Waals surface area contributed by atoms with E-state index in [0.717, 1.165) is 6.42 Å². The lowest BCUT2D eigenvalue weighted by molar-refractivity contribution is -0.218. The van der Waals surface area contributed by atoms with Crippen LogP contribution in [0.25, 0.3) is 0 Å². The third-order valence-corrected chi connectivity index (χ3v) is 5.87. The van der Waals surface area contributed by atoms with Crippen molar-refractivity contribution in [3.8, 4) is 0 Å². The maximum atomic E-state index is 10.5. The standard InChI is InChI=1S/C21H41N5O7/c1-25-20-16(28)10-14(11-19(30)32-17-3-2-12(23)8-15(17)24)31-21(20)33-18(29)9-13(4-7-27)26-6-5-22/h9,11-17,20-21,25-30H,2-8,10,22-24H2,1H3/b18-9+,19-11+/t12-,13+,14+,15?,16?,17-,20?,21?/m0/s1. The first-order valence-electron chi connectivity index (χ1n) is 11.5. The summed E-state index contributed by atoms with van der Waals surface area (Å²) in [5, 5.41) is 46.4. The second kappa shape index (κ2) is 13.9. The number of nitrogens with one attached hydrogen (secondary N) is 2. The molecule has 0 aromatic carbocycles. The van der Waals surface area contributed by atoms with E-state index in [-0.39, 0.29) is 43.2 Å². The Morgan fingerprint density at radius 1 is 1.18 bits per heavy atom. The first-order chi connectivity index (χ1) is 15.8. The molecule has 0 bridgehead atoms. The molecule has 12 heteroatoms. The molecule has 1 saturated carbocycles. The lowest BCUT2D eigenvalue weighted by atomic mass is 9.89. The van der Waals surface area contributed by atoms with Gasteiger partial charge >= 0.3 is 0 Å². The Balaban J connectivity index is 2.02. The number of likely N-dealkylation sites (N-methyl/N-ethyl adjacent to an activating group) is 1. The summed E-state index contributed by atoms with van der Waals surface area (Å²) in [6, 6.07) is -1.24. The van der Waals surface area contributed by atoms with Crippen molar-refractivity contribution in [3.63, 3.8) is 0 Å². The molecular formula is C21H41N5O7. The van der Waals surface area contributed by atoms with Crippen LogP contribution in [0.3, 0.4) is 0 Å². The number of aliphatic hydroxyl groups is 4. The van der Waals surface area contributed by atoms with Gasteiger partial charge in [0.05, 0.1) is 18.2 Å². The normalized spacial score (nSPS) is 34.7. The zero-order valence-electron chi connectivity index (χ0n) is 19.2. The van der Waals surface area contributed by atoms with Crippen LogP contribution in [0, 0.1) is 0 Å². The highest BCUT2D eigenvalue weighted by atomic mass is 16.7. The largest absolute Gasteiger partial charge is 0.481 e. The van der Waals surface area contributed by atoms with Crippen LogP contribution in [-0.4, -0.2) is 95.9 Å². The fourth-order valence-electron chi connectivity index (χ4n) is 4.11. The summed E-state index contributed by atoms with van der Waals surface area (Å²) >= 11 is 0. The zero-order chi connectivity index (χ0) is 24.4. The second-order valence-corrected chi connectivity index (χ2v) is 8.54. The van der Waals surface area contributed by atoms with Crippen molar-refractivity contribution in [3.05, 3.63) is 24.0 Å². The monoisotopic (exact) mass is 475 g/mol. The highest BCUT2D eigenvalue weighted by Crippen LogP contribution is 2.26. The minimum atomic E-state index is -1.05. The highest BCUT2D eigenvalue weighted by Gasteiger charge is 2.39. The summed E-state index contributed by atoms with van der Waals surface area (Å²) in [6.07, 6.45) is 2.26. The molecule has 0 amide bonds. The summed E-state index contributed by atoms with van der Waals surface area (Å²) in [7, 11) is 1.64. The predicted octanol–water partition coefficient (Wildman–Crippen LogP) is -1.61. The third-order valence-electron chi connectivity index (χ3n) is 5.87. The van der Waals surface area contributed by atoms with Gasteiger partial charge in [0, 0.05) is 56.4 Å². The fraction of sp³-hybridized carbons (Fsp3) is 0.810. The van der Waals surface area contributed by atoms with E-state index in [1.807, 2.05) is 0 Å². The zero-order valence-corrected chi connectivity index (χ0v) is 19.2. The Labute approximate surface area is 194 Å². The van der Waals surface area contributed by atoms with Crippen LogP contribution >= 0.6 is 0 Å². The molecule has 1 aliphatic carbocycles. The van der Waals surface area contributed by atoms with Crippen molar-refractivity contribution >= 4 is 0 Å². The number of aliphatic hydroxyl groups excluding tert-OH is 4. The van der Waals surface area contributed by atoms with Gasteiger partial charge in [-0.2, -0.15) is 0 Å². The van der Waals surface area contributed by atoms with Crippen molar-refractivity contribution in [1.29, 1.82) is 0 Å². The molecule has 2 rings (SSSR count). The SMILES string of the molecule is CNC1C(O)C[C@H](/C=C(\O)O[C@H]2CC[C@H](N)CC2N)OC1O/C(O)=C/[C@@H](CCO)NCCN. The Morgan fingerprint density at radius 3 is 2.58 bits per heavy atom. The highest BCUT2D eigenvalue weighted by molar-refractivity contribution is 5.00. The van der Waals surface area contributed by atoms with Crippen LogP contribution in [0.2, 0.25) is 0 Å². The van der Waals surface area contributed by atoms with E-state index in [1.54, 1.807) is 7.05 Å².